The van der Waals surface area contributed by atoms with Crippen LogP contribution in [0.5, 0.6) is 0 Å². The molecular weight excluding hydrogens is 375 g/mol. The van der Waals surface area contributed by atoms with Gasteiger partial charge in [-0.1, -0.05) is 0 Å². The molecule has 0 bridgehead atoms. The maximum absolute atomic E-state index is 13.7. The molecule has 1 aliphatic heterocycles. The van der Waals surface area contributed by atoms with Gasteiger partial charge in [0.05, 0.1) is 29.6 Å². The highest BCUT2D eigenvalue weighted by atomic mass is 32.2. The number of carbonyl (C=O) groups excluding carboxylic acids is 1. The van der Waals surface area contributed by atoms with Crippen molar-refractivity contribution in [2.45, 2.75) is 33.0 Å². The van der Waals surface area contributed by atoms with Crippen molar-refractivity contribution < 1.29 is 22.3 Å². The van der Waals surface area contributed by atoms with Crippen LogP contribution < -0.4 is 10.6 Å². The van der Waals surface area contributed by atoms with Crippen molar-refractivity contribution in [1.29, 1.82) is 5.26 Å². The molecule has 2 amide bonds. The second kappa shape index (κ2) is 8.65. The van der Waals surface area contributed by atoms with Crippen LogP contribution in [0.4, 0.5) is 14.9 Å². The Morgan fingerprint density at radius 2 is 2.00 bits per heavy atom. The molecule has 8 nitrogen and oxygen atoms in total. The van der Waals surface area contributed by atoms with Crippen molar-refractivity contribution in [3.8, 4) is 6.07 Å². The minimum atomic E-state index is -3.54. The lowest BCUT2D eigenvalue weighted by molar-refractivity contribution is -0.0440. The zero-order valence-corrected chi connectivity index (χ0v) is 16.3. The van der Waals surface area contributed by atoms with Crippen LogP contribution in [0.3, 0.4) is 0 Å². The van der Waals surface area contributed by atoms with Crippen LogP contribution in [0.25, 0.3) is 0 Å². The molecule has 1 fully saturated rings. The van der Waals surface area contributed by atoms with Crippen LogP contribution in [-0.4, -0.2) is 56.3 Å². The summed E-state index contributed by atoms with van der Waals surface area (Å²) in [6, 6.07) is 3.56. The van der Waals surface area contributed by atoms with Gasteiger partial charge in [-0.25, -0.2) is 17.6 Å². The van der Waals surface area contributed by atoms with Crippen molar-refractivity contribution in [3.63, 3.8) is 0 Å². The quantitative estimate of drug-likeness (QED) is 0.782. The normalized spacial score (nSPS) is 20.7. The molecule has 10 heteroatoms. The van der Waals surface area contributed by atoms with E-state index in [0.29, 0.717) is 0 Å². The van der Waals surface area contributed by atoms with Gasteiger partial charge >= 0.3 is 6.03 Å². The molecule has 0 unspecified atom stereocenters. The predicted molar refractivity (Wildman–Crippen MR) is 98.2 cm³/mol. The van der Waals surface area contributed by atoms with Gasteiger partial charge in [-0.05, 0) is 32.9 Å². The largest absolute Gasteiger partial charge is 0.373 e. The SMILES string of the molecule is Cc1c(F)cc(C#N)cc1NC(=O)NCCS(=O)(=O)N1C[C@@H](C)O[C@@H](C)C1. The summed E-state index contributed by atoms with van der Waals surface area (Å²) in [7, 11) is -3.54. The van der Waals surface area contributed by atoms with Crippen LogP contribution in [0.15, 0.2) is 12.1 Å². The fraction of sp³-hybridized carbons (Fsp3) is 0.529. The molecule has 0 aromatic heterocycles. The smallest absolute Gasteiger partial charge is 0.319 e. The molecule has 148 valence electrons. The van der Waals surface area contributed by atoms with E-state index in [1.54, 1.807) is 13.8 Å². The van der Waals surface area contributed by atoms with E-state index in [1.165, 1.54) is 17.3 Å². The lowest BCUT2D eigenvalue weighted by Gasteiger charge is -2.34. The molecule has 1 saturated heterocycles. The highest BCUT2D eigenvalue weighted by Gasteiger charge is 2.30. The van der Waals surface area contributed by atoms with Crippen molar-refractivity contribution in [1.82, 2.24) is 9.62 Å². The number of amides is 2. The summed E-state index contributed by atoms with van der Waals surface area (Å²) in [5.74, 6) is -0.867. The minimum Gasteiger partial charge on any atom is -0.373 e. The lowest BCUT2D eigenvalue weighted by atomic mass is 10.1. The van der Waals surface area contributed by atoms with Crippen molar-refractivity contribution in [3.05, 3.63) is 29.1 Å². The molecule has 0 saturated carbocycles. The maximum Gasteiger partial charge on any atom is 0.319 e. The van der Waals surface area contributed by atoms with Gasteiger partial charge in [-0.3, -0.25) is 0 Å². The lowest BCUT2D eigenvalue weighted by Crippen LogP contribution is -2.49. The van der Waals surface area contributed by atoms with Gasteiger partial charge in [0.15, 0.2) is 0 Å². The van der Waals surface area contributed by atoms with E-state index in [1.807, 2.05) is 6.07 Å². The van der Waals surface area contributed by atoms with Crippen LogP contribution in [-0.2, 0) is 14.8 Å². The molecule has 2 rings (SSSR count). The summed E-state index contributed by atoms with van der Waals surface area (Å²) in [5.41, 5.74) is 0.419. The van der Waals surface area contributed by atoms with E-state index >= 15 is 0 Å². The number of benzene rings is 1. The fourth-order valence-electron chi connectivity index (χ4n) is 2.82. The molecule has 27 heavy (non-hydrogen) atoms. The minimum absolute atomic E-state index is 0.0755. The Kier molecular flexibility index (Phi) is 6.75. The number of carbonyl (C=O) groups is 1. The van der Waals surface area contributed by atoms with E-state index in [-0.39, 0.29) is 54.4 Å². The van der Waals surface area contributed by atoms with Gasteiger partial charge in [0.2, 0.25) is 10.0 Å². The average molecular weight is 398 g/mol. The first-order valence-electron chi connectivity index (χ1n) is 8.50. The average Bonchev–Trinajstić information content (AvgIpc) is 2.57. The van der Waals surface area contributed by atoms with E-state index in [2.05, 4.69) is 10.6 Å². The third-order valence-corrected chi connectivity index (χ3v) is 5.95. The topological polar surface area (TPSA) is 112 Å². The number of nitriles is 1. The predicted octanol–water partition coefficient (Wildman–Crippen LogP) is 1.57. The number of sulfonamides is 1. The van der Waals surface area contributed by atoms with E-state index in [9.17, 15) is 17.6 Å². The Morgan fingerprint density at radius 3 is 2.59 bits per heavy atom. The molecule has 2 N–H and O–H groups in total. The van der Waals surface area contributed by atoms with Gasteiger partial charge in [-0.2, -0.15) is 9.57 Å². The number of ether oxygens (including phenoxy) is 1. The van der Waals surface area contributed by atoms with Gasteiger partial charge in [0.25, 0.3) is 0 Å². The summed E-state index contributed by atoms with van der Waals surface area (Å²) >= 11 is 0. The molecule has 0 radical (unpaired) electrons. The summed E-state index contributed by atoms with van der Waals surface area (Å²) < 4.78 is 45.4. The molecule has 0 spiro atoms. The number of rotatable bonds is 5. The fourth-order valence-corrected chi connectivity index (χ4v) is 4.31. The van der Waals surface area contributed by atoms with E-state index in [0.717, 1.165) is 6.07 Å². The van der Waals surface area contributed by atoms with Gasteiger partial charge < -0.3 is 15.4 Å². The van der Waals surface area contributed by atoms with E-state index in [4.69, 9.17) is 10.00 Å². The number of anilines is 1. The van der Waals surface area contributed by atoms with Gasteiger partial charge in [-0.15, -0.1) is 0 Å². The Hall–Kier alpha value is -2.22. The first kappa shape index (κ1) is 21.1. The highest BCUT2D eigenvalue weighted by molar-refractivity contribution is 7.89. The number of hydrogen-bond acceptors (Lipinski definition) is 5. The summed E-state index contributed by atoms with van der Waals surface area (Å²) in [4.78, 5) is 12.0. The second-order valence-electron chi connectivity index (χ2n) is 6.51. The number of urea groups is 1. The monoisotopic (exact) mass is 398 g/mol. The number of nitrogens with zero attached hydrogens (tertiary/aromatic N) is 2. The van der Waals surface area contributed by atoms with Crippen molar-refractivity contribution >= 4 is 21.7 Å². The molecule has 1 aliphatic rings. The van der Waals surface area contributed by atoms with Gasteiger partial charge in [0.1, 0.15) is 5.82 Å². The van der Waals surface area contributed by atoms with Crippen LogP contribution >= 0.6 is 0 Å². The maximum atomic E-state index is 13.7. The zero-order valence-electron chi connectivity index (χ0n) is 15.5. The van der Waals surface area contributed by atoms with Crippen LogP contribution in [0.2, 0.25) is 0 Å². The van der Waals surface area contributed by atoms with Crippen LogP contribution in [0, 0.1) is 24.1 Å². The van der Waals surface area contributed by atoms with Crippen molar-refractivity contribution in [2.24, 2.45) is 0 Å². The molecule has 1 aromatic rings. The number of halogens is 1. The Bertz CT molecular complexity index is 843. The zero-order chi connectivity index (χ0) is 20.2. The van der Waals surface area contributed by atoms with Crippen molar-refractivity contribution in [2.75, 3.05) is 30.7 Å². The number of nitrogens with one attached hydrogen (secondary N) is 2. The van der Waals surface area contributed by atoms with Gasteiger partial charge in [0, 0.05) is 30.9 Å². The summed E-state index contributed by atoms with van der Waals surface area (Å²) in [5, 5.41) is 13.8. The number of hydrogen-bond donors (Lipinski definition) is 2. The Labute approximate surface area is 158 Å². The first-order chi connectivity index (χ1) is 12.6. The van der Waals surface area contributed by atoms with E-state index < -0.39 is 21.9 Å². The Balaban J connectivity index is 1.91. The highest BCUT2D eigenvalue weighted by Crippen LogP contribution is 2.20. The molecule has 1 aromatic carbocycles. The first-order valence-corrected chi connectivity index (χ1v) is 10.1. The molecule has 1 heterocycles. The molecule has 0 aliphatic carbocycles. The second-order valence-corrected chi connectivity index (χ2v) is 8.60. The third kappa shape index (κ3) is 5.63. The third-order valence-electron chi connectivity index (χ3n) is 4.15. The molecule has 2 atom stereocenters. The Morgan fingerprint density at radius 1 is 1.37 bits per heavy atom. The van der Waals surface area contributed by atoms with Crippen LogP contribution in [0.1, 0.15) is 25.0 Å². The number of morpholine rings is 1. The summed E-state index contributed by atoms with van der Waals surface area (Å²) in [6.07, 6.45) is -0.380. The standard InChI is InChI=1S/C17H23FN4O4S/c1-11-9-22(10-12(2)26-11)27(24,25)5-4-20-17(23)21-16-7-14(8-19)6-15(18)13(16)3/h6-7,11-12H,4-5,9-10H2,1-3H3,(H2,20,21,23)/t11-,12+. The summed E-state index contributed by atoms with van der Waals surface area (Å²) in [6.45, 7) is 5.53. The molecular formula is C17H23FN4O4S.